The molecule has 1 N–H and O–H groups in total. The summed E-state index contributed by atoms with van der Waals surface area (Å²) in [4.78, 5) is 23.0. The van der Waals surface area contributed by atoms with Gasteiger partial charge in [0.2, 0.25) is 0 Å². The largest absolute Gasteiger partial charge is 0.336 e. The molecule has 6 heteroatoms. The van der Waals surface area contributed by atoms with Crippen LogP contribution >= 0.6 is 11.3 Å². The Hall–Kier alpha value is -1.76. The Bertz CT molecular complexity index is 739. The van der Waals surface area contributed by atoms with Gasteiger partial charge in [0.05, 0.1) is 5.69 Å². The first-order valence-corrected chi connectivity index (χ1v) is 9.81. The Kier molecular flexibility index (Phi) is 4.83. The number of rotatable bonds is 3. The molecule has 4 rings (SSSR count). The van der Waals surface area contributed by atoms with Crippen LogP contribution in [0.3, 0.4) is 0 Å². The van der Waals surface area contributed by atoms with Gasteiger partial charge in [-0.15, -0.1) is 11.3 Å². The maximum absolute atomic E-state index is 13.0. The number of nitrogens with one attached hydrogen (secondary N) is 1. The van der Waals surface area contributed by atoms with Gasteiger partial charge in [-0.1, -0.05) is 30.3 Å². The molecule has 2 aliphatic heterocycles. The van der Waals surface area contributed by atoms with E-state index in [1.807, 2.05) is 42.2 Å². The van der Waals surface area contributed by atoms with Gasteiger partial charge in [-0.2, -0.15) is 0 Å². The topological polar surface area (TPSA) is 48.5 Å². The molecule has 0 saturated carbocycles. The third-order valence-corrected chi connectivity index (χ3v) is 6.32. The van der Waals surface area contributed by atoms with Gasteiger partial charge in [0.25, 0.3) is 5.91 Å². The van der Waals surface area contributed by atoms with Crippen molar-refractivity contribution in [2.45, 2.75) is 19.4 Å². The molecular weight excluding hydrogens is 332 g/mol. The zero-order valence-corrected chi connectivity index (χ0v) is 15.4. The molecule has 2 saturated heterocycles. The highest BCUT2D eigenvalue weighted by molar-refractivity contribution is 7.17. The van der Waals surface area contributed by atoms with Gasteiger partial charge in [-0.25, -0.2) is 4.98 Å². The molecule has 2 aliphatic rings. The summed E-state index contributed by atoms with van der Waals surface area (Å²) in [6.45, 7) is 7.93. The first kappa shape index (κ1) is 16.7. The number of carbonyl (C=O) groups is 1. The monoisotopic (exact) mass is 356 g/mol. The molecule has 25 heavy (non-hydrogen) atoms. The average Bonchev–Trinajstić information content (AvgIpc) is 3.30. The Morgan fingerprint density at radius 1 is 1.20 bits per heavy atom. The standard InChI is InChI=1S/C19H24N4OS/c1-14-17(25-18(21-14)15-5-3-2-4-6-15)19(24)23-10-7-16(13-23)22-11-8-20-9-12-22/h2-6,16,20H,7-13H2,1H3. The molecule has 1 amide bonds. The molecule has 3 heterocycles. The number of aryl methyl sites for hydroxylation is 1. The van der Waals surface area contributed by atoms with Crippen molar-refractivity contribution < 1.29 is 4.79 Å². The summed E-state index contributed by atoms with van der Waals surface area (Å²) >= 11 is 1.52. The first-order valence-electron chi connectivity index (χ1n) is 8.99. The zero-order valence-electron chi connectivity index (χ0n) is 14.6. The van der Waals surface area contributed by atoms with Crippen LogP contribution in [0.15, 0.2) is 30.3 Å². The van der Waals surface area contributed by atoms with Crippen LogP contribution in [0.25, 0.3) is 10.6 Å². The molecule has 1 unspecified atom stereocenters. The van der Waals surface area contributed by atoms with E-state index < -0.39 is 0 Å². The predicted molar refractivity (Wildman–Crippen MR) is 101 cm³/mol. The molecule has 0 spiro atoms. The molecule has 0 aliphatic carbocycles. The van der Waals surface area contributed by atoms with Gasteiger partial charge in [0, 0.05) is 50.9 Å². The predicted octanol–water partition coefficient (Wildman–Crippen LogP) is 2.24. The number of hydrogen-bond acceptors (Lipinski definition) is 5. The summed E-state index contributed by atoms with van der Waals surface area (Å²) in [6, 6.07) is 10.6. The molecule has 0 radical (unpaired) electrons. The SMILES string of the molecule is Cc1nc(-c2ccccc2)sc1C(=O)N1CCC(N2CCNCC2)C1. The minimum atomic E-state index is 0.148. The number of thiazole rings is 1. The summed E-state index contributed by atoms with van der Waals surface area (Å²) in [5, 5.41) is 4.32. The smallest absolute Gasteiger partial charge is 0.265 e. The van der Waals surface area contributed by atoms with E-state index in [1.165, 1.54) is 11.3 Å². The van der Waals surface area contributed by atoms with Gasteiger partial charge in [-0.3, -0.25) is 9.69 Å². The van der Waals surface area contributed by atoms with E-state index in [0.29, 0.717) is 6.04 Å². The molecule has 5 nitrogen and oxygen atoms in total. The Labute approximate surface area is 152 Å². The maximum atomic E-state index is 13.0. The van der Waals surface area contributed by atoms with Crippen molar-refractivity contribution in [1.82, 2.24) is 20.1 Å². The lowest BCUT2D eigenvalue weighted by Gasteiger charge is -2.32. The summed E-state index contributed by atoms with van der Waals surface area (Å²) in [5.41, 5.74) is 1.93. The van der Waals surface area contributed by atoms with Gasteiger partial charge in [0.1, 0.15) is 9.88 Å². The number of nitrogens with zero attached hydrogens (tertiary/aromatic N) is 3. The molecule has 1 aromatic heterocycles. The highest BCUT2D eigenvalue weighted by Crippen LogP contribution is 2.29. The van der Waals surface area contributed by atoms with Crippen LogP contribution in [0.2, 0.25) is 0 Å². The van der Waals surface area contributed by atoms with Gasteiger partial charge >= 0.3 is 0 Å². The van der Waals surface area contributed by atoms with Crippen molar-refractivity contribution in [3.05, 3.63) is 40.9 Å². The van der Waals surface area contributed by atoms with E-state index in [4.69, 9.17) is 0 Å². The molecule has 1 aromatic carbocycles. The molecule has 2 fully saturated rings. The number of amides is 1. The van der Waals surface area contributed by atoms with Crippen molar-refractivity contribution >= 4 is 17.2 Å². The van der Waals surface area contributed by atoms with Crippen molar-refractivity contribution in [3.8, 4) is 10.6 Å². The van der Waals surface area contributed by atoms with E-state index >= 15 is 0 Å². The van der Waals surface area contributed by atoms with E-state index in [0.717, 1.165) is 66.8 Å². The lowest BCUT2D eigenvalue weighted by molar-refractivity contribution is 0.0777. The Balaban J connectivity index is 1.47. The Morgan fingerprint density at radius 3 is 2.72 bits per heavy atom. The van der Waals surface area contributed by atoms with E-state index in [1.54, 1.807) is 0 Å². The van der Waals surface area contributed by atoms with Crippen molar-refractivity contribution in [2.75, 3.05) is 39.3 Å². The van der Waals surface area contributed by atoms with Crippen LogP contribution in [-0.2, 0) is 0 Å². The Morgan fingerprint density at radius 2 is 1.96 bits per heavy atom. The molecule has 0 bridgehead atoms. The van der Waals surface area contributed by atoms with Gasteiger partial charge in [-0.05, 0) is 13.3 Å². The maximum Gasteiger partial charge on any atom is 0.265 e. The van der Waals surface area contributed by atoms with Gasteiger partial charge in [0.15, 0.2) is 0 Å². The zero-order chi connectivity index (χ0) is 17.2. The van der Waals surface area contributed by atoms with Crippen LogP contribution in [0.1, 0.15) is 21.8 Å². The normalized spacial score (nSPS) is 21.6. The number of benzene rings is 1. The van der Waals surface area contributed by atoms with Crippen LogP contribution in [0, 0.1) is 6.92 Å². The fourth-order valence-corrected chi connectivity index (χ4v) is 4.75. The average molecular weight is 356 g/mol. The first-order chi connectivity index (χ1) is 12.2. The summed E-state index contributed by atoms with van der Waals surface area (Å²) in [6.07, 6.45) is 1.08. The van der Waals surface area contributed by atoms with Crippen molar-refractivity contribution in [2.24, 2.45) is 0 Å². The number of hydrogen-bond donors (Lipinski definition) is 1. The fourth-order valence-electron chi connectivity index (χ4n) is 3.71. The van der Waals surface area contributed by atoms with E-state index in [-0.39, 0.29) is 5.91 Å². The second-order valence-electron chi connectivity index (χ2n) is 6.78. The van der Waals surface area contributed by atoms with Crippen molar-refractivity contribution in [1.29, 1.82) is 0 Å². The number of likely N-dealkylation sites (tertiary alicyclic amines) is 1. The lowest BCUT2D eigenvalue weighted by Crippen LogP contribution is -2.49. The van der Waals surface area contributed by atoms with Crippen molar-refractivity contribution in [3.63, 3.8) is 0 Å². The summed E-state index contributed by atoms with van der Waals surface area (Å²) in [5.74, 6) is 0.148. The lowest BCUT2D eigenvalue weighted by atomic mass is 10.2. The fraction of sp³-hybridized carbons (Fsp3) is 0.474. The summed E-state index contributed by atoms with van der Waals surface area (Å²) in [7, 11) is 0. The quantitative estimate of drug-likeness (QED) is 0.916. The van der Waals surface area contributed by atoms with Crippen LogP contribution in [0.4, 0.5) is 0 Å². The second-order valence-corrected chi connectivity index (χ2v) is 7.78. The second kappa shape index (κ2) is 7.23. The van der Waals surface area contributed by atoms with E-state index in [2.05, 4.69) is 15.2 Å². The molecule has 1 atom stereocenters. The van der Waals surface area contributed by atoms with Crippen LogP contribution in [0.5, 0.6) is 0 Å². The minimum Gasteiger partial charge on any atom is -0.336 e. The van der Waals surface area contributed by atoms with Crippen LogP contribution < -0.4 is 5.32 Å². The van der Waals surface area contributed by atoms with Crippen LogP contribution in [-0.4, -0.2) is 66.0 Å². The highest BCUT2D eigenvalue weighted by Gasteiger charge is 2.32. The number of aromatic nitrogens is 1. The van der Waals surface area contributed by atoms with E-state index in [9.17, 15) is 4.79 Å². The summed E-state index contributed by atoms with van der Waals surface area (Å²) < 4.78 is 0. The third kappa shape index (κ3) is 3.47. The van der Waals surface area contributed by atoms with Gasteiger partial charge < -0.3 is 10.2 Å². The number of piperazine rings is 1. The highest BCUT2D eigenvalue weighted by atomic mass is 32.1. The third-order valence-electron chi connectivity index (χ3n) is 5.13. The minimum absolute atomic E-state index is 0.148. The molecular formula is C19H24N4OS. The molecule has 132 valence electrons. The molecule has 2 aromatic rings. The number of carbonyl (C=O) groups excluding carboxylic acids is 1.